The summed E-state index contributed by atoms with van der Waals surface area (Å²) in [5.41, 5.74) is 4.42. The minimum absolute atomic E-state index is 0.667. The maximum absolute atomic E-state index is 5.91. The molecule has 1 aromatic carbocycles. The number of hydrogen-bond acceptors (Lipinski definition) is 4. The zero-order valence-electron chi connectivity index (χ0n) is 12.9. The molecule has 0 aliphatic heterocycles. The summed E-state index contributed by atoms with van der Waals surface area (Å²) in [6.45, 7) is 1.98. The van der Waals surface area contributed by atoms with Gasteiger partial charge in [-0.3, -0.25) is 9.38 Å². The third kappa shape index (κ3) is 2.70. The number of anilines is 2. The highest BCUT2D eigenvalue weighted by atomic mass is 35.5. The zero-order chi connectivity index (χ0) is 16.5. The normalized spacial score (nSPS) is 10.9. The number of aromatic nitrogens is 4. The fourth-order valence-corrected chi connectivity index (χ4v) is 2.77. The number of rotatable bonds is 3. The third-order valence-corrected chi connectivity index (χ3v) is 3.95. The Morgan fingerprint density at radius 2 is 1.83 bits per heavy atom. The van der Waals surface area contributed by atoms with Gasteiger partial charge in [0.05, 0.1) is 23.8 Å². The van der Waals surface area contributed by atoms with Crippen molar-refractivity contribution in [2.75, 3.05) is 5.32 Å². The molecule has 3 heterocycles. The van der Waals surface area contributed by atoms with Crippen LogP contribution >= 0.6 is 11.6 Å². The summed E-state index contributed by atoms with van der Waals surface area (Å²) in [6, 6.07) is 13.4. The number of halogens is 1. The molecule has 0 spiro atoms. The van der Waals surface area contributed by atoms with Crippen molar-refractivity contribution in [2.45, 2.75) is 6.92 Å². The van der Waals surface area contributed by atoms with Gasteiger partial charge in [-0.2, -0.15) is 0 Å². The molecule has 24 heavy (non-hydrogen) atoms. The van der Waals surface area contributed by atoms with Gasteiger partial charge in [0.15, 0.2) is 0 Å². The Bertz CT molecular complexity index is 1010. The van der Waals surface area contributed by atoms with Crippen molar-refractivity contribution < 1.29 is 0 Å². The molecule has 0 atom stereocenters. The van der Waals surface area contributed by atoms with Gasteiger partial charge in [-0.15, -0.1) is 0 Å². The van der Waals surface area contributed by atoms with Crippen LogP contribution in [0.15, 0.2) is 61.1 Å². The number of pyridine rings is 1. The van der Waals surface area contributed by atoms with E-state index in [-0.39, 0.29) is 0 Å². The molecule has 4 rings (SSSR count). The Hall–Kier alpha value is -2.92. The van der Waals surface area contributed by atoms with Crippen LogP contribution in [0.2, 0.25) is 5.02 Å². The van der Waals surface area contributed by atoms with Crippen LogP contribution in [-0.2, 0) is 0 Å². The first kappa shape index (κ1) is 14.7. The van der Waals surface area contributed by atoms with E-state index in [1.165, 1.54) is 0 Å². The first-order valence-electron chi connectivity index (χ1n) is 7.49. The van der Waals surface area contributed by atoms with Gasteiger partial charge < -0.3 is 5.32 Å². The van der Waals surface area contributed by atoms with E-state index < -0.39 is 0 Å². The quantitative estimate of drug-likeness (QED) is 0.599. The van der Waals surface area contributed by atoms with Crippen molar-refractivity contribution in [2.24, 2.45) is 0 Å². The molecule has 3 aromatic heterocycles. The number of aryl methyl sites for hydroxylation is 1. The van der Waals surface area contributed by atoms with Crippen molar-refractivity contribution >= 4 is 28.8 Å². The van der Waals surface area contributed by atoms with E-state index in [1.807, 2.05) is 60.0 Å². The number of nitrogens with one attached hydrogen (secondary N) is 1. The summed E-state index contributed by atoms with van der Waals surface area (Å²) >= 11 is 5.91. The van der Waals surface area contributed by atoms with Gasteiger partial charge in [-0.25, -0.2) is 9.97 Å². The summed E-state index contributed by atoms with van der Waals surface area (Å²) in [5.74, 6) is 0.667. The molecule has 0 saturated carbocycles. The van der Waals surface area contributed by atoms with Crippen LogP contribution in [0.1, 0.15) is 5.69 Å². The largest absolute Gasteiger partial charge is 0.339 e. The molecule has 118 valence electrons. The molecule has 0 aliphatic rings. The van der Waals surface area contributed by atoms with Gasteiger partial charge >= 0.3 is 0 Å². The fourth-order valence-electron chi connectivity index (χ4n) is 2.64. The topological polar surface area (TPSA) is 55.1 Å². The molecule has 0 fully saturated rings. The lowest BCUT2D eigenvalue weighted by atomic mass is 10.2. The second kappa shape index (κ2) is 5.94. The smallest absolute Gasteiger partial charge is 0.149 e. The molecule has 0 unspecified atom stereocenters. The summed E-state index contributed by atoms with van der Waals surface area (Å²) < 4.78 is 2.02. The summed E-state index contributed by atoms with van der Waals surface area (Å²) in [6.07, 6.45) is 5.42. The summed E-state index contributed by atoms with van der Waals surface area (Å²) in [5, 5.41) is 3.94. The van der Waals surface area contributed by atoms with Crippen molar-refractivity contribution in [1.82, 2.24) is 19.4 Å². The Labute approximate surface area is 144 Å². The van der Waals surface area contributed by atoms with Crippen molar-refractivity contribution in [1.29, 1.82) is 0 Å². The minimum atomic E-state index is 0.667. The minimum Gasteiger partial charge on any atom is -0.339 e. The van der Waals surface area contributed by atoms with Gasteiger partial charge in [0, 0.05) is 16.9 Å². The van der Waals surface area contributed by atoms with E-state index in [4.69, 9.17) is 11.6 Å². The molecule has 0 radical (unpaired) electrons. The van der Waals surface area contributed by atoms with E-state index in [0.717, 1.165) is 28.4 Å². The summed E-state index contributed by atoms with van der Waals surface area (Å²) in [4.78, 5) is 13.6. The number of imidazole rings is 1. The Balaban J connectivity index is 1.74. The maximum atomic E-state index is 5.91. The van der Waals surface area contributed by atoms with E-state index in [9.17, 15) is 0 Å². The lowest BCUT2D eigenvalue weighted by Crippen LogP contribution is -1.98. The van der Waals surface area contributed by atoms with E-state index >= 15 is 0 Å². The SMILES string of the molecule is Cc1nc2ccccn2c1-c1cncc(Nc2ccc(Cl)cc2)n1. The average molecular weight is 336 g/mol. The molecule has 0 amide bonds. The predicted octanol–water partition coefficient (Wildman–Crippen LogP) is 4.50. The monoisotopic (exact) mass is 335 g/mol. The fraction of sp³-hybridized carbons (Fsp3) is 0.0556. The molecule has 0 bridgehead atoms. The molecular weight excluding hydrogens is 322 g/mol. The molecule has 0 aliphatic carbocycles. The lowest BCUT2D eigenvalue weighted by Gasteiger charge is -2.08. The maximum Gasteiger partial charge on any atom is 0.149 e. The van der Waals surface area contributed by atoms with Gasteiger partial charge in [0.25, 0.3) is 0 Å². The highest BCUT2D eigenvalue weighted by Gasteiger charge is 2.12. The second-order valence-corrected chi connectivity index (χ2v) is 5.83. The van der Waals surface area contributed by atoms with Crippen molar-refractivity contribution in [3.63, 3.8) is 0 Å². The molecular formula is C18H14ClN5. The van der Waals surface area contributed by atoms with Gasteiger partial charge in [0.1, 0.15) is 17.2 Å². The van der Waals surface area contributed by atoms with Gasteiger partial charge in [0.2, 0.25) is 0 Å². The average Bonchev–Trinajstić information content (AvgIpc) is 2.93. The highest BCUT2D eigenvalue weighted by Crippen LogP contribution is 2.24. The van der Waals surface area contributed by atoms with Crippen LogP contribution in [-0.4, -0.2) is 19.4 Å². The van der Waals surface area contributed by atoms with Crippen LogP contribution in [0.25, 0.3) is 17.0 Å². The molecule has 1 N–H and O–H groups in total. The Kier molecular flexibility index (Phi) is 3.63. The third-order valence-electron chi connectivity index (χ3n) is 3.70. The molecule has 4 aromatic rings. The highest BCUT2D eigenvalue weighted by molar-refractivity contribution is 6.30. The lowest BCUT2D eigenvalue weighted by molar-refractivity contribution is 1.13. The van der Waals surface area contributed by atoms with Crippen LogP contribution in [0, 0.1) is 6.92 Å². The molecule has 0 saturated heterocycles. The second-order valence-electron chi connectivity index (χ2n) is 5.40. The van der Waals surface area contributed by atoms with Gasteiger partial charge in [-0.1, -0.05) is 17.7 Å². The zero-order valence-corrected chi connectivity index (χ0v) is 13.7. The molecule has 6 heteroatoms. The van der Waals surface area contributed by atoms with Crippen molar-refractivity contribution in [3.05, 3.63) is 71.8 Å². The van der Waals surface area contributed by atoms with Crippen LogP contribution in [0.3, 0.4) is 0 Å². The number of benzene rings is 1. The number of hydrogen-bond donors (Lipinski definition) is 1. The summed E-state index contributed by atoms with van der Waals surface area (Å²) in [7, 11) is 0. The predicted molar refractivity (Wildman–Crippen MR) is 95.7 cm³/mol. The van der Waals surface area contributed by atoms with Crippen LogP contribution in [0.5, 0.6) is 0 Å². The van der Waals surface area contributed by atoms with E-state index in [1.54, 1.807) is 12.4 Å². The number of fused-ring (bicyclic) bond motifs is 1. The molecule has 5 nitrogen and oxygen atoms in total. The van der Waals surface area contributed by atoms with Crippen LogP contribution < -0.4 is 5.32 Å². The van der Waals surface area contributed by atoms with Crippen molar-refractivity contribution in [3.8, 4) is 11.4 Å². The standard InChI is InChI=1S/C18H14ClN5/c1-12-18(24-9-3-2-4-17(24)21-12)15-10-20-11-16(23-15)22-14-7-5-13(19)6-8-14/h2-11H,1H3,(H,22,23). The number of nitrogens with zero attached hydrogens (tertiary/aromatic N) is 4. The van der Waals surface area contributed by atoms with Crippen LogP contribution in [0.4, 0.5) is 11.5 Å². The van der Waals surface area contributed by atoms with Gasteiger partial charge in [-0.05, 0) is 43.3 Å². The van der Waals surface area contributed by atoms with E-state index in [2.05, 4.69) is 20.3 Å². The Morgan fingerprint density at radius 3 is 2.67 bits per heavy atom. The first-order chi connectivity index (χ1) is 11.7. The first-order valence-corrected chi connectivity index (χ1v) is 7.87. The van der Waals surface area contributed by atoms with E-state index in [0.29, 0.717) is 10.8 Å². The Morgan fingerprint density at radius 1 is 1.00 bits per heavy atom.